The van der Waals surface area contributed by atoms with Crippen LogP contribution in [0.15, 0.2) is 35.6 Å². The Hall–Kier alpha value is -2.90. The Labute approximate surface area is 300 Å². The van der Waals surface area contributed by atoms with E-state index in [1.54, 1.807) is 6.08 Å². The monoisotopic (exact) mass is 716 g/mol. The molecule has 3 fully saturated rings. The first kappa shape index (κ1) is 39.3. The lowest BCUT2D eigenvalue weighted by Gasteiger charge is -2.64. The molecule has 12 nitrogen and oxygen atoms in total. The molecule has 1 aliphatic heterocycles. The van der Waals surface area contributed by atoms with E-state index in [4.69, 9.17) is 18.9 Å². The topological polar surface area (TPSA) is 186 Å². The molecule has 0 unspecified atom stereocenters. The number of ketones is 2. The third-order valence-corrected chi connectivity index (χ3v) is 13.3. The zero-order chi connectivity index (χ0) is 38.3. The van der Waals surface area contributed by atoms with Gasteiger partial charge in [0.05, 0.1) is 23.7 Å². The molecule has 4 aliphatic carbocycles. The summed E-state index contributed by atoms with van der Waals surface area (Å²) in [7, 11) is 0. The van der Waals surface area contributed by atoms with Crippen LogP contribution in [0.25, 0.3) is 0 Å². The highest BCUT2D eigenvalue weighted by Gasteiger charge is 2.73. The first-order valence-electron chi connectivity index (χ1n) is 18.0. The number of allylic oxidation sites excluding steroid dienone is 4. The number of aliphatic hydroxyl groups is 4. The number of aliphatic hydroxyl groups excluding tert-OH is 2. The molecule has 12 atom stereocenters. The van der Waals surface area contributed by atoms with Crippen molar-refractivity contribution in [2.24, 2.45) is 39.4 Å². The highest BCUT2D eigenvalue weighted by molar-refractivity contribution is 6.01. The molecule has 1 saturated heterocycles. The second-order valence-electron chi connectivity index (χ2n) is 17.5. The zero-order valence-electron chi connectivity index (χ0n) is 31.5. The average molecular weight is 717 g/mol. The van der Waals surface area contributed by atoms with E-state index < -0.39 is 87.2 Å². The summed E-state index contributed by atoms with van der Waals surface area (Å²) in [6, 6.07) is 0. The van der Waals surface area contributed by atoms with Crippen LogP contribution >= 0.6 is 0 Å². The van der Waals surface area contributed by atoms with Crippen LogP contribution in [0.3, 0.4) is 0 Å². The summed E-state index contributed by atoms with van der Waals surface area (Å²) in [5.74, 6) is -3.66. The number of fused-ring (bicyclic) bond motifs is 5. The minimum atomic E-state index is -2.01. The van der Waals surface area contributed by atoms with Crippen LogP contribution < -0.4 is 0 Å². The maximum atomic E-state index is 14.0. The number of esters is 2. The van der Waals surface area contributed by atoms with Crippen molar-refractivity contribution >= 4 is 23.5 Å². The van der Waals surface area contributed by atoms with Gasteiger partial charge in [0.2, 0.25) is 5.78 Å². The molecule has 1 heterocycles. The van der Waals surface area contributed by atoms with Crippen molar-refractivity contribution in [3.8, 4) is 0 Å². The van der Waals surface area contributed by atoms with Crippen molar-refractivity contribution < 1.29 is 58.6 Å². The fourth-order valence-corrected chi connectivity index (χ4v) is 10.6. The van der Waals surface area contributed by atoms with Gasteiger partial charge in [-0.05, 0) is 94.6 Å². The quantitative estimate of drug-likeness (QED) is 0.161. The van der Waals surface area contributed by atoms with Gasteiger partial charge in [-0.1, -0.05) is 38.5 Å². The molecule has 0 amide bonds. The minimum absolute atomic E-state index is 0.0463. The number of hydrogen-bond donors (Lipinski definition) is 4. The standard InChI is InChI=1S/C39H56O12/c1-20(40)49-26-19-48-33(30(29(26)44)50-21(2)41)51-25-18-38(9)27-12-11-22-23(17-24(42)32(45)35(22,5)6)36(27,7)15-16-37(38,8)31(25)39(10,47)28(43)13-14-34(3,4)46/h11,13-14,17,23,25-27,29-31,33,42,44,46-47H,12,15-16,18-19H2,1-10H3/b14-13+/t23-,25-,26-,27-,29+,30-,31+,33+,36+,37-,38+,39+/m1/s1. The Kier molecular flexibility index (Phi) is 9.94. The molecule has 0 aromatic rings. The third-order valence-electron chi connectivity index (χ3n) is 13.3. The van der Waals surface area contributed by atoms with Crippen molar-refractivity contribution in [2.45, 2.75) is 137 Å². The summed E-state index contributed by atoms with van der Waals surface area (Å²) in [6.07, 6.45) is 2.33. The number of hydrogen-bond acceptors (Lipinski definition) is 12. The van der Waals surface area contributed by atoms with Crippen LogP contribution in [0, 0.1) is 39.4 Å². The number of rotatable bonds is 8. The van der Waals surface area contributed by atoms with E-state index in [1.165, 1.54) is 46.8 Å². The van der Waals surface area contributed by atoms with Gasteiger partial charge in [-0.25, -0.2) is 0 Å². The zero-order valence-corrected chi connectivity index (χ0v) is 31.5. The fraction of sp³-hybridized carbons (Fsp3) is 0.744. The van der Waals surface area contributed by atoms with Crippen molar-refractivity contribution in [2.75, 3.05) is 6.61 Å². The van der Waals surface area contributed by atoms with Crippen LogP contribution in [0.5, 0.6) is 0 Å². The molecule has 284 valence electrons. The number of carbonyl (C=O) groups is 4. The molecule has 0 radical (unpaired) electrons. The van der Waals surface area contributed by atoms with E-state index in [9.17, 15) is 39.6 Å². The van der Waals surface area contributed by atoms with E-state index in [0.717, 1.165) is 5.57 Å². The van der Waals surface area contributed by atoms with Crippen LogP contribution in [-0.4, -0.2) is 92.4 Å². The van der Waals surface area contributed by atoms with Crippen LogP contribution in [0.4, 0.5) is 0 Å². The summed E-state index contributed by atoms with van der Waals surface area (Å²) < 4.78 is 23.4. The fourth-order valence-electron chi connectivity index (χ4n) is 10.6. The van der Waals surface area contributed by atoms with Gasteiger partial charge in [0.25, 0.3) is 0 Å². The predicted octanol–water partition coefficient (Wildman–Crippen LogP) is 4.05. The summed E-state index contributed by atoms with van der Waals surface area (Å²) in [5, 5.41) is 44.8. The molecular weight excluding hydrogens is 660 g/mol. The highest BCUT2D eigenvalue weighted by atomic mass is 16.7. The van der Waals surface area contributed by atoms with Gasteiger partial charge in [-0.2, -0.15) is 0 Å². The van der Waals surface area contributed by atoms with Gasteiger partial charge in [-0.15, -0.1) is 0 Å². The molecule has 4 N–H and O–H groups in total. The van der Waals surface area contributed by atoms with Crippen molar-refractivity contribution in [1.29, 1.82) is 0 Å². The van der Waals surface area contributed by atoms with Gasteiger partial charge in [-0.3, -0.25) is 19.2 Å². The average Bonchev–Trinajstić information content (AvgIpc) is 3.24. The number of carbonyl (C=O) groups excluding carboxylic acids is 4. The molecule has 0 aromatic heterocycles. The Bertz CT molecular complexity index is 1550. The molecule has 51 heavy (non-hydrogen) atoms. The maximum Gasteiger partial charge on any atom is 0.303 e. The van der Waals surface area contributed by atoms with Crippen molar-refractivity contribution in [3.63, 3.8) is 0 Å². The van der Waals surface area contributed by atoms with Gasteiger partial charge in [0, 0.05) is 25.7 Å². The lowest BCUT2D eigenvalue weighted by Crippen LogP contribution is -2.61. The first-order chi connectivity index (χ1) is 23.3. The van der Waals surface area contributed by atoms with E-state index in [-0.39, 0.29) is 30.0 Å². The van der Waals surface area contributed by atoms with E-state index in [1.807, 2.05) is 13.8 Å². The van der Waals surface area contributed by atoms with Gasteiger partial charge in [0.15, 0.2) is 30.0 Å². The molecule has 5 aliphatic rings. The van der Waals surface area contributed by atoms with E-state index in [2.05, 4.69) is 26.8 Å². The maximum absolute atomic E-state index is 14.0. The minimum Gasteiger partial charge on any atom is -0.505 e. The summed E-state index contributed by atoms with van der Waals surface area (Å²) >= 11 is 0. The summed E-state index contributed by atoms with van der Waals surface area (Å²) in [6.45, 7) is 16.7. The molecule has 12 heteroatoms. The lowest BCUT2D eigenvalue weighted by molar-refractivity contribution is -0.296. The van der Waals surface area contributed by atoms with Crippen molar-refractivity contribution in [1.82, 2.24) is 0 Å². The second kappa shape index (κ2) is 12.9. The molecule has 5 rings (SSSR count). The molecule has 0 bridgehead atoms. The Morgan fingerprint density at radius 2 is 1.59 bits per heavy atom. The second-order valence-corrected chi connectivity index (χ2v) is 17.5. The predicted molar refractivity (Wildman–Crippen MR) is 184 cm³/mol. The number of ether oxygens (including phenoxy) is 4. The Morgan fingerprint density at radius 3 is 2.18 bits per heavy atom. The lowest BCUT2D eigenvalue weighted by atomic mass is 9.39. The van der Waals surface area contributed by atoms with E-state index >= 15 is 0 Å². The summed E-state index contributed by atoms with van der Waals surface area (Å²) in [5.41, 5.74) is -4.95. The number of Topliss-reactive ketones (excluding diaryl/α,β-unsaturated/α-hetero) is 1. The smallest absolute Gasteiger partial charge is 0.303 e. The van der Waals surface area contributed by atoms with Crippen LogP contribution in [-0.2, 0) is 38.1 Å². The largest absolute Gasteiger partial charge is 0.505 e. The summed E-state index contributed by atoms with van der Waals surface area (Å²) in [4.78, 5) is 51.0. The Morgan fingerprint density at radius 1 is 0.961 bits per heavy atom. The molecule has 0 spiro atoms. The first-order valence-corrected chi connectivity index (χ1v) is 18.0. The normalized spacial score (nSPS) is 41.7. The highest BCUT2D eigenvalue weighted by Crippen LogP contribution is 2.75. The SMILES string of the molecule is CC(=O)O[C@H]1[C@H](O[C@@H]2C[C@@]3(C)[C@@H]4CC=C5[C@@H](C=C(O)C(=O)C5(C)C)[C@]4(C)CC[C@]3(C)[C@H]2[C@@](C)(O)C(=O)/C=C/C(C)(C)O)OC[C@@H](OC(C)=O)[C@@H]1O. The van der Waals surface area contributed by atoms with Crippen LogP contribution in [0.1, 0.15) is 94.9 Å². The Balaban J connectivity index is 1.60. The third kappa shape index (κ3) is 6.43. The molecule has 0 aromatic carbocycles. The van der Waals surface area contributed by atoms with Gasteiger partial charge < -0.3 is 39.4 Å². The van der Waals surface area contributed by atoms with E-state index in [0.29, 0.717) is 25.7 Å². The van der Waals surface area contributed by atoms with Crippen LogP contribution in [0.2, 0.25) is 0 Å². The van der Waals surface area contributed by atoms with Crippen molar-refractivity contribution in [3.05, 3.63) is 35.6 Å². The van der Waals surface area contributed by atoms with Gasteiger partial charge >= 0.3 is 11.9 Å². The molecule has 2 saturated carbocycles. The molecular formula is C39H56O12. The van der Waals surface area contributed by atoms with Gasteiger partial charge in [0.1, 0.15) is 11.7 Å².